The lowest BCUT2D eigenvalue weighted by Crippen LogP contribution is -2.33. The molecule has 118 valence electrons. The SMILES string of the molecule is CNC(=O)COCCOCCONC(=O)OC(C)(C)C. The minimum atomic E-state index is -0.647. The highest BCUT2D eigenvalue weighted by molar-refractivity contribution is 5.76. The molecular formula is C12H24N2O6. The van der Waals surface area contributed by atoms with Gasteiger partial charge in [-0.05, 0) is 20.8 Å². The molecular weight excluding hydrogens is 268 g/mol. The molecule has 0 rings (SSSR count). The average molecular weight is 292 g/mol. The Morgan fingerprint density at radius 2 is 1.60 bits per heavy atom. The van der Waals surface area contributed by atoms with E-state index in [-0.39, 0.29) is 19.1 Å². The molecule has 0 unspecified atom stereocenters. The number of amides is 2. The number of likely N-dealkylation sites (N-methyl/N-ethyl adjacent to an activating group) is 1. The summed E-state index contributed by atoms with van der Waals surface area (Å²) in [5, 5.41) is 2.43. The summed E-state index contributed by atoms with van der Waals surface area (Å²) < 4.78 is 15.1. The molecule has 8 heteroatoms. The Kier molecular flexibility index (Phi) is 9.69. The van der Waals surface area contributed by atoms with Crippen LogP contribution in [0.5, 0.6) is 0 Å². The zero-order valence-corrected chi connectivity index (χ0v) is 12.5. The van der Waals surface area contributed by atoms with E-state index in [0.717, 1.165) is 0 Å². The van der Waals surface area contributed by atoms with Gasteiger partial charge in [0, 0.05) is 7.05 Å². The van der Waals surface area contributed by atoms with Crippen molar-refractivity contribution in [2.75, 3.05) is 40.1 Å². The number of ether oxygens (including phenoxy) is 3. The van der Waals surface area contributed by atoms with Crippen LogP contribution in [-0.4, -0.2) is 57.7 Å². The Labute approximate surface area is 119 Å². The monoisotopic (exact) mass is 292 g/mol. The van der Waals surface area contributed by atoms with Gasteiger partial charge in [0.15, 0.2) is 0 Å². The van der Waals surface area contributed by atoms with Crippen molar-refractivity contribution < 1.29 is 28.6 Å². The Morgan fingerprint density at radius 3 is 2.20 bits per heavy atom. The summed E-state index contributed by atoms with van der Waals surface area (Å²) in [7, 11) is 1.54. The van der Waals surface area contributed by atoms with E-state index in [0.29, 0.717) is 19.8 Å². The van der Waals surface area contributed by atoms with Crippen LogP contribution in [0, 0.1) is 0 Å². The minimum Gasteiger partial charge on any atom is -0.442 e. The van der Waals surface area contributed by atoms with Crippen LogP contribution in [0.3, 0.4) is 0 Å². The molecule has 2 amide bonds. The molecule has 0 aliphatic heterocycles. The van der Waals surface area contributed by atoms with Gasteiger partial charge in [-0.2, -0.15) is 5.48 Å². The first-order valence-electron chi connectivity index (χ1n) is 6.32. The molecule has 0 fully saturated rings. The highest BCUT2D eigenvalue weighted by atomic mass is 16.7. The van der Waals surface area contributed by atoms with Crippen LogP contribution >= 0.6 is 0 Å². The molecule has 8 nitrogen and oxygen atoms in total. The van der Waals surface area contributed by atoms with Crippen LogP contribution < -0.4 is 10.8 Å². The maximum Gasteiger partial charge on any atom is 0.431 e. The Balaban J connectivity index is 3.29. The van der Waals surface area contributed by atoms with Gasteiger partial charge in [0.05, 0.1) is 26.4 Å². The lowest BCUT2D eigenvalue weighted by molar-refractivity contribution is -0.125. The van der Waals surface area contributed by atoms with Crippen molar-refractivity contribution >= 4 is 12.0 Å². The van der Waals surface area contributed by atoms with E-state index in [1.54, 1.807) is 20.8 Å². The number of carbonyl (C=O) groups is 2. The topological polar surface area (TPSA) is 95.1 Å². The van der Waals surface area contributed by atoms with E-state index < -0.39 is 11.7 Å². The predicted octanol–water partition coefficient (Wildman–Crippen LogP) is 0.222. The summed E-state index contributed by atoms with van der Waals surface area (Å²) in [6.45, 7) is 6.42. The Morgan fingerprint density at radius 1 is 1.00 bits per heavy atom. The molecule has 0 aromatic rings. The number of nitrogens with one attached hydrogen (secondary N) is 2. The summed E-state index contributed by atoms with van der Waals surface area (Å²) in [4.78, 5) is 26.8. The van der Waals surface area contributed by atoms with Crippen molar-refractivity contribution in [1.82, 2.24) is 10.8 Å². The molecule has 0 aromatic carbocycles. The van der Waals surface area contributed by atoms with E-state index in [1.807, 2.05) is 0 Å². The molecule has 0 bridgehead atoms. The fraction of sp³-hybridized carbons (Fsp3) is 0.833. The van der Waals surface area contributed by atoms with Gasteiger partial charge in [-0.25, -0.2) is 4.79 Å². The Bertz CT molecular complexity index is 290. The molecule has 0 saturated carbocycles. The maximum absolute atomic E-state index is 11.2. The van der Waals surface area contributed by atoms with Gasteiger partial charge in [-0.15, -0.1) is 0 Å². The van der Waals surface area contributed by atoms with Crippen molar-refractivity contribution in [3.8, 4) is 0 Å². The van der Waals surface area contributed by atoms with Crippen molar-refractivity contribution in [2.45, 2.75) is 26.4 Å². The highest BCUT2D eigenvalue weighted by Crippen LogP contribution is 2.06. The van der Waals surface area contributed by atoms with Crippen LogP contribution in [0.1, 0.15) is 20.8 Å². The van der Waals surface area contributed by atoms with E-state index in [9.17, 15) is 9.59 Å². The van der Waals surface area contributed by atoms with E-state index >= 15 is 0 Å². The minimum absolute atomic E-state index is 0.0105. The van der Waals surface area contributed by atoms with Crippen molar-refractivity contribution in [2.24, 2.45) is 0 Å². The van der Waals surface area contributed by atoms with Crippen LogP contribution in [0.4, 0.5) is 4.79 Å². The van der Waals surface area contributed by atoms with Crippen LogP contribution in [0.2, 0.25) is 0 Å². The van der Waals surface area contributed by atoms with E-state index in [2.05, 4.69) is 10.8 Å². The fourth-order valence-corrected chi connectivity index (χ4v) is 0.966. The average Bonchev–Trinajstić information content (AvgIpc) is 2.34. The molecule has 20 heavy (non-hydrogen) atoms. The maximum atomic E-state index is 11.2. The summed E-state index contributed by atoms with van der Waals surface area (Å²) in [6.07, 6.45) is -0.647. The first-order chi connectivity index (χ1) is 9.35. The number of hydrogen-bond acceptors (Lipinski definition) is 6. The summed E-state index contributed by atoms with van der Waals surface area (Å²) in [5.41, 5.74) is 1.58. The van der Waals surface area contributed by atoms with Gasteiger partial charge in [0.2, 0.25) is 5.91 Å². The smallest absolute Gasteiger partial charge is 0.431 e. The van der Waals surface area contributed by atoms with Crippen LogP contribution in [0.25, 0.3) is 0 Å². The highest BCUT2D eigenvalue weighted by Gasteiger charge is 2.15. The molecule has 0 spiro atoms. The quantitative estimate of drug-likeness (QED) is 0.466. The summed E-state index contributed by atoms with van der Waals surface area (Å²) in [6, 6.07) is 0. The third-order valence-corrected chi connectivity index (χ3v) is 1.77. The largest absolute Gasteiger partial charge is 0.442 e. The second kappa shape index (κ2) is 10.4. The third-order valence-electron chi connectivity index (χ3n) is 1.77. The van der Waals surface area contributed by atoms with Crippen molar-refractivity contribution in [3.63, 3.8) is 0 Å². The normalized spacial score (nSPS) is 11.0. The second-order valence-electron chi connectivity index (χ2n) is 4.79. The van der Waals surface area contributed by atoms with Gasteiger partial charge < -0.3 is 19.5 Å². The fourth-order valence-electron chi connectivity index (χ4n) is 0.966. The van der Waals surface area contributed by atoms with E-state index in [1.165, 1.54) is 7.05 Å². The third kappa shape index (κ3) is 13.1. The van der Waals surface area contributed by atoms with E-state index in [4.69, 9.17) is 19.0 Å². The van der Waals surface area contributed by atoms with Crippen molar-refractivity contribution in [3.05, 3.63) is 0 Å². The predicted molar refractivity (Wildman–Crippen MR) is 71.0 cm³/mol. The first-order valence-corrected chi connectivity index (χ1v) is 6.32. The van der Waals surface area contributed by atoms with Gasteiger partial charge in [-0.3, -0.25) is 9.63 Å². The standard InChI is InChI=1S/C12H24N2O6/c1-12(2,3)20-11(16)14-19-8-7-17-5-6-18-9-10(15)13-4/h5-9H2,1-4H3,(H,13,15)(H,14,16). The van der Waals surface area contributed by atoms with Crippen LogP contribution in [-0.2, 0) is 23.8 Å². The van der Waals surface area contributed by atoms with Crippen molar-refractivity contribution in [1.29, 1.82) is 0 Å². The molecule has 2 N–H and O–H groups in total. The van der Waals surface area contributed by atoms with Gasteiger partial charge in [0.25, 0.3) is 0 Å². The lowest BCUT2D eigenvalue weighted by Gasteiger charge is -2.19. The summed E-state index contributed by atoms with van der Waals surface area (Å²) >= 11 is 0. The zero-order chi connectivity index (χ0) is 15.4. The molecule has 0 aromatic heterocycles. The second-order valence-corrected chi connectivity index (χ2v) is 4.79. The lowest BCUT2D eigenvalue weighted by atomic mass is 10.2. The van der Waals surface area contributed by atoms with Gasteiger partial charge in [0.1, 0.15) is 12.2 Å². The van der Waals surface area contributed by atoms with Gasteiger partial charge in [-0.1, -0.05) is 0 Å². The Hall–Kier alpha value is -1.38. The number of rotatable bonds is 9. The molecule has 0 aliphatic carbocycles. The van der Waals surface area contributed by atoms with Gasteiger partial charge >= 0.3 is 6.09 Å². The number of hydrogen-bond donors (Lipinski definition) is 2. The zero-order valence-electron chi connectivity index (χ0n) is 12.5. The number of hydroxylamine groups is 1. The molecule has 0 radical (unpaired) electrons. The molecule has 0 aliphatic rings. The molecule has 0 atom stereocenters. The number of carbonyl (C=O) groups excluding carboxylic acids is 2. The molecule has 0 saturated heterocycles. The summed E-state index contributed by atoms with van der Waals surface area (Å²) in [5.74, 6) is -0.185. The first kappa shape index (κ1) is 18.6. The molecule has 0 heterocycles. The van der Waals surface area contributed by atoms with Crippen LogP contribution in [0.15, 0.2) is 0 Å².